The van der Waals surface area contributed by atoms with E-state index in [1.807, 2.05) is 30.3 Å². The highest BCUT2D eigenvalue weighted by atomic mass is 16.5. The van der Waals surface area contributed by atoms with E-state index in [9.17, 15) is 9.59 Å². The average molecular weight is 310 g/mol. The Kier molecular flexibility index (Phi) is 4.01. The summed E-state index contributed by atoms with van der Waals surface area (Å²) in [6.45, 7) is 2.04. The van der Waals surface area contributed by atoms with Crippen molar-refractivity contribution in [2.24, 2.45) is 0 Å². The van der Waals surface area contributed by atoms with Crippen LogP contribution in [0.1, 0.15) is 21.7 Å². The Morgan fingerprint density at radius 3 is 2.70 bits per heavy atom. The molecule has 0 fully saturated rings. The van der Waals surface area contributed by atoms with Gasteiger partial charge >= 0.3 is 0 Å². The molecule has 1 N–H and O–H groups in total. The van der Waals surface area contributed by atoms with E-state index >= 15 is 0 Å². The second kappa shape index (κ2) is 6.27. The fraction of sp³-hybridized carbons (Fsp3) is 0.125. The van der Waals surface area contributed by atoms with Gasteiger partial charge < -0.3 is 4.52 Å². The van der Waals surface area contributed by atoms with Crippen molar-refractivity contribution >= 4 is 11.8 Å². The molecular weight excluding hydrogens is 296 g/mol. The number of carbonyl (C=O) groups excluding carboxylic acids is 1. The second-order valence-electron chi connectivity index (χ2n) is 4.99. The molecule has 7 nitrogen and oxygen atoms in total. The van der Waals surface area contributed by atoms with Gasteiger partial charge in [0.15, 0.2) is 0 Å². The van der Waals surface area contributed by atoms with E-state index in [-0.39, 0.29) is 17.1 Å². The molecule has 0 saturated heterocycles. The number of benzene rings is 1. The Morgan fingerprint density at radius 1 is 1.22 bits per heavy atom. The smallest absolute Gasteiger partial charge is 0.278 e. The minimum Gasteiger partial charge on any atom is -0.338 e. The van der Waals surface area contributed by atoms with Crippen molar-refractivity contribution in [1.29, 1.82) is 0 Å². The summed E-state index contributed by atoms with van der Waals surface area (Å²) in [6, 6.07) is 13.7. The van der Waals surface area contributed by atoms with E-state index in [1.165, 1.54) is 16.8 Å². The molecule has 0 aliphatic carbocycles. The van der Waals surface area contributed by atoms with Crippen LogP contribution in [0.15, 0.2) is 57.8 Å². The lowest BCUT2D eigenvalue weighted by molar-refractivity contribution is 0.101. The molecule has 0 unspecified atom stereocenters. The first-order valence-corrected chi connectivity index (χ1v) is 6.98. The first-order valence-electron chi connectivity index (χ1n) is 6.98. The van der Waals surface area contributed by atoms with Crippen LogP contribution in [0, 0.1) is 6.92 Å². The molecule has 0 spiro atoms. The van der Waals surface area contributed by atoms with E-state index in [0.29, 0.717) is 12.2 Å². The van der Waals surface area contributed by atoms with Crippen LogP contribution in [-0.4, -0.2) is 20.8 Å². The Balaban J connectivity index is 1.82. The first-order chi connectivity index (χ1) is 11.1. The molecular formula is C16H14N4O3. The topological polar surface area (TPSA) is 90.0 Å². The van der Waals surface area contributed by atoms with Crippen molar-refractivity contribution in [1.82, 2.24) is 14.9 Å². The highest BCUT2D eigenvalue weighted by molar-refractivity contribution is 6.01. The van der Waals surface area contributed by atoms with Gasteiger partial charge in [0.25, 0.3) is 11.5 Å². The van der Waals surface area contributed by atoms with Gasteiger partial charge in [-0.15, -0.1) is 0 Å². The number of hydrogen-bond acceptors (Lipinski definition) is 5. The number of aryl methyl sites for hydroxylation is 1. The van der Waals surface area contributed by atoms with Gasteiger partial charge in [-0.2, -0.15) is 5.10 Å². The Morgan fingerprint density at radius 2 is 2.00 bits per heavy atom. The van der Waals surface area contributed by atoms with Gasteiger partial charge in [0.1, 0.15) is 5.69 Å². The molecule has 0 saturated carbocycles. The van der Waals surface area contributed by atoms with Gasteiger partial charge in [-0.25, -0.2) is 4.68 Å². The van der Waals surface area contributed by atoms with Gasteiger partial charge in [-0.3, -0.25) is 14.9 Å². The fourth-order valence-corrected chi connectivity index (χ4v) is 2.04. The normalized spacial score (nSPS) is 10.5. The van der Waals surface area contributed by atoms with E-state index in [4.69, 9.17) is 4.52 Å². The van der Waals surface area contributed by atoms with Crippen LogP contribution in [0.2, 0.25) is 0 Å². The van der Waals surface area contributed by atoms with E-state index in [0.717, 1.165) is 5.56 Å². The third-order valence-electron chi connectivity index (χ3n) is 3.14. The predicted molar refractivity (Wildman–Crippen MR) is 83.2 cm³/mol. The Bertz CT molecular complexity index is 884. The van der Waals surface area contributed by atoms with Crippen LogP contribution in [0.3, 0.4) is 0 Å². The molecule has 23 heavy (non-hydrogen) atoms. The standard InChI is InChI=1S/C16H14N4O3/c1-11-9-14(23-19-11)17-16(22)13-7-8-15(21)20(18-13)10-12-5-3-2-4-6-12/h2-9H,10H2,1H3,(H,17,22). The number of nitrogens with zero attached hydrogens (tertiary/aromatic N) is 3. The molecule has 116 valence electrons. The van der Waals surface area contributed by atoms with Gasteiger partial charge in [0.2, 0.25) is 5.88 Å². The van der Waals surface area contributed by atoms with Crippen molar-refractivity contribution < 1.29 is 9.32 Å². The monoisotopic (exact) mass is 310 g/mol. The molecule has 0 radical (unpaired) electrons. The summed E-state index contributed by atoms with van der Waals surface area (Å²) in [5.41, 5.74) is 1.42. The molecule has 2 heterocycles. The number of aromatic nitrogens is 3. The third kappa shape index (κ3) is 3.52. The number of carbonyl (C=O) groups is 1. The highest BCUT2D eigenvalue weighted by Gasteiger charge is 2.12. The van der Waals surface area contributed by atoms with Crippen LogP contribution < -0.4 is 10.9 Å². The van der Waals surface area contributed by atoms with Crippen molar-refractivity contribution in [3.63, 3.8) is 0 Å². The molecule has 0 bridgehead atoms. The van der Waals surface area contributed by atoms with Crippen LogP contribution in [0.25, 0.3) is 0 Å². The highest BCUT2D eigenvalue weighted by Crippen LogP contribution is 2.09. The predicted octanol–water partition coefficient (Wildman–Crippen LogP) is 1.84. The lowest BCUT2D eigenvalue weighted by atomic mass is 10.2. The zero-order valence-corrected chi connectivity index (χ0v) is 12.4. The molecule has 7 heteroatoms. The van der Waals surface area contributed by atoms with Gasteiger partial charge in [0.05, 0.1) is 12.2 Å². The van der Waals surface area contributed by atoms with E-state index in [2.05, 4.69) is 15.6 Å². The van der Waals surface area contributed by atoms with Crippen molar-refractivity contribution in [2.45, 2.75) is 13.5 Å². The van der Waals surface area contributed by atoms with Crippen LogP contribution >= 0.6 is 0 Å². The molecule has 0 aliphatic heterocycles. The Labute approximate surface area is 131 Å². The minimum atomic E-state index is -0.469. The minimum absolute atomic E-state index is 0.120. The van der Waals surface area contributed by atoms with Gasteiger partial charge in [-0.1, -0.05) is 35.5 Å². The van der Waals surface area contributed by atoms with Crippen molar-refractivity contribution in [3.8, 4) is 0 Å². The molecule has 3 rings (SSSR count). The lowest BCUT2D eigenvalue weighted by Crippen LogP contribution is -2.26. The lowest BCUT2D eigenvalue weighted by Gasteiger charge is -2.06. The third-order valence-corrected chi connectivity index (χ3v) is 3.14. The molecule has 2 aromatic heterocycles. The quantitative estimate of drug-likeness (QED) is 0.794. The molecule has 0 atom stereocenters. The number of nitrogens with one attached hydrogen (secondary N) is 1. The van der Waals surface area contributed by atoms with Gasteiger partial charge in [0, 0.05) is 12.1 Å². The maximum absolute atomic E-state index is 12.2. The number of anilines is 1. The molecule has 1 amide bonds. The summed E-state index contributed by atoms with van der Waals surface area (Å²) >= 11 is 0. The molecule has 0 aliphatic rings. The van der Waals surface area contributed by atoms with Crippen molar-refractivity contribution in [3.05, 3.63) is 75.8 Å². The summed E-state index contributed by atoms with van der Waals surface area (Å²) in [7, 11) is 0. The average Bonchev–Trinajstić information content (AvgIpc) is 2.95. The zero-order valence-electron chi connectivity index (χ0n) is 12.4. The SMILES string of the molecule is Cc1cc(NC(=O)c2ccc(=O)n(Cc3ccccc3)n2)on1. The van der Waals surface area contributed by atoms with Crippen LogP contribution in [-0.2, 0) is 6.54 Å². The number of rotatable bonds is 4. The molecule has 1 aromatic carbocycles. The second-order valence-corrected chi connectivity index (χ2v) is 4.99. The number of amides is 1. The van der Waals surface area contributed by atoms with E-state index < -0.39 is 5.91 Å². The first kappa shape index (κ1) is 14.7. The summed E-state index contributed by atoms with van der Waals surface area (Å²) in [4.78, 5) is 24.1. The summed E-state index contributed by atoms with van der Waals surface area (Å²) in [5.74, 6) is -0.238. The van der Waals surface area contributed by atoms with Gasteiger partial charge in [-0.05, 0) is 18.6 Å². The van der Waals surface area contributed by atoms with E-state index in [1.54, 1.807) is 13.0 Å². The van der Waals surface area contributed by atoms with Crippen LogP contribution in [0.4, 0.5) is 5.88 Å². The summed E-state index contributed by atoms with van der Waals surface area (Å²) in [5, 5.41) is 10.3. The fourth-order valence-electron chi connectivity index (χ4n) is 2.04. The maximum Gasteiger partial charge on any atom is 0.278 e. The molecule has 3 aromatic rings. The summed E-state index contributed by atoms with van der Waals surface area (Å²) < 4.78 is 6.17. The van der Waals surface area contributed by atoms with Crippen molar-refractivity contribution in [2.75, 3.05) is 5.32 Å². The zero-order chi connectivity index (χ0) is 16.2. The van der Waals surface area contributed by atoms with Crippen LogP contribution in [0.5, 0.6) is 0 Å². The maximum atomic E-state index is 12.2. The number of hydrogen-bond donors (Lipinski definition) is 1. The Hall–Kier alpha value is -3.22. The summed E-state index contributed by atoms with van der Waals surface area (Å²) in [6.07, 6.45) is 0. The largest absolute Gasteiger partial charge is 0.338 e.